The predicted octanol–water partition coefficient (Wildman–Crippen LogP) is 6.07. The first-order valence-electron chi connectivity index (χ1n) is 15.8. The Morgan fingerprint density at radius 3 is 2.40 bits per heavy atom. The quantitative estimate of drug-likeness (QED) is 0.272. The number of aromatic nitrogens is 2. The van der Waals surface area contributed by atoms with Gasteiger partial charge in [0.2, 0.25) is 11.8 Å². The smallest absolute Gasteiger partial charge is 0.405 e. The summed E-state index contributed by atoms with van der Waals surface area (Å²) < 4.78 is 42.8. The van der Waals surface area contributed by atoms with Crippen LogP contribution < -0.4 is 14.8 Å². The Balaban J connectivity index is 1.70. The summed E-state index contributed by atoms with van der Waals surface area (Å²) in [5, 5.41) is 11.8. The summed E-state index contributed by atoms with van der Waals surface area (Å²) in [6.45, 7) is 10.3. The lowest BCUT2D eigenvalue weighted by Gasteiger charge is -2.35. The van der Waals surface area contributed by atoms with Gasteiger partial charge in [-0.1, -0.05) is 67.2 Å². The lowest BCUT2D eigenvalue weighted by Crippen LogP contribution is -2.57. The average Bonchev–Trinajstić information content (AvgIpc) is 3.75. The van der Waals surface area contributed by atoms with Crippen molar-refractivity contribution in [2.75, 3.05) is 13.7 Å². The monoisotopic (exact) mass is 632 g/mol. The Morgan fingerprint density at radius 2 is 1.82 bits per heavy atom. The summed E-state index contributed by atoms with van der Waals surface area (Å²) in [6.07, 6.45) is -2.40. The molecule has 0 bridgehead atoms. The predicted molar refractivity (Wildman–Crippen MR) is 165 cm³/mol. The first-order valence-corrected chi connectivity index (χ1v) is 15.8. The molecule has 6 atom stereocenters. The van der Waals surface area contributed by atoms with E-state index < -0.39 is 59.8 Å². The minimum atomic E-state index is -2.11. The van der Waals surface area contributed by atoms with E-state index in [1.807, 2.05) is 0 Å². The molecule has 6 unspecified atom stereocenters. The normalized spacial score (nSPS) is 22.3. The number of hydrogen-bond acceptors (Lipinski definition) is 7. The number of halogens is 2. The third-order valence-corrected chi connectivity index (χ3v) is 8.82. The molecule has 1 saturated carbocycles. The molecule has 2 amide bonds. The van der Waals surface area contributed by atoms with Crippen LogP contribution in [0.4, 0.5) is 13.6 Å². The number of nitrogens with zero attached hydrogens (tertiary/aromatic N) is 3. The molecular formula is C33H46F2N4O6. The molecule has 45 heavy (non-hydrogen) atoms. The van der Waals surface area contributed by atoms with Gasteiger partial charge in [-0.2, -0.15) is 0 Å². The Hall–Kier alpha value is -3.57. The maximum atomic E-state index is 15.9. The fourth-order valence-corrected chi connectivity index (χ4v) is 5.92. The summed E-state index contributed by atoms with van der Waals surface area (Å²) in [7, 11) is 1.50. The van der Waals surface area contributed by atoms with Gasteiger partial charge in [0, 0.05) is 17.9 Å². The van der Waals surface area contributed by atoms with Crippen LogP contribution in [0.3, 0.4) is 0 Å². The van der Waals surface area contributed by atoms with Crippen LogP contribution >= 0.6 is 0 Å². The SMILES string of the molecule is COc1ccc2nc(C(F)C(F)CCCC3CC3)c(OC3CN(C(=O)C(NC(=O)O)C(C)(C)C)C(C(=O)C(C)C)C3C)nc2c1. The Morgan fingerprint density at radius 1 is 1.13 bits per heavy atom. The van der Waals surface area contributed by atoms with Gasteiger partial charge in [-0.15, -0.1) is 0 Å². The number of carbonyl (C=O) groups is 3. The molecule has 4 rings (SSSR count). The number of alkyl halides is 2. The number of hydrogen-bond donors (Lipinski definition) is 2. The number of rotatable bonds is 13. The van der Waals surface area contributed by atoms with Crippen LogP contribution in [0, 0.1) is 23.2 Å². The van der Waals surface area contributed by atoms with Crippen molar-refractivity contribution in [3.05, 3.63) is 23.9 Å². The van der Waals surface area contributed by atoms with Crippen LogP contribution in [0.25, 0.3) is 11.0 Å². The second-order valence-electron chi connectivity index (χ2n) is 13.8. The van der Waals surface area contributed by atoms with Crippen molar-refractivity contribution in [3.8, 4) is 11.6 Å². The van der Waals surface area contributed by atoms with Crippen LogP contribution in [0.2, 0.25) is 0 Å². The molecule has 1 aromatic heterocycles. The van der Waals surface area contributed by atoms with Crippen molar-refractivity contribution in [2.45, 2.75) is 104 Å². The zero-order chi connectivity index (χ0) is 33.2. The minimum absolute atomic E-state index is 0.0390. The first kappa shape index (κ1) is 34.3. The topological polar surface area (TPSA) is 131 Å². The minimum Gasteiger partial charge on any atom is -0.497 e. The maximum absolute atomic E-state index is 15.9. The van der Waals surface area contributed by atoms with Gasteiger partial charge in [-0.05, 0) is 29.9 Å². The lowest BCUT2D eigenvalue weighted by molar-refractivity contribution is -0.143. The van der Waals surface area contributed by atoms with E-state index in [1.54, 1.807) is 59.7 Å². The van der Waals surface area contributed by atoms with Crippen molar-refractivity contribution in [1.29, 1.82) is 0 Å². The van der Waals surface area contributed by atoms with Gasteiger partial charge in [0.15, 0.2) is 12.0 Å². The average molecular weight is 633 g/mol. The van der Waals surface area contributed by atoms with Gasteiger partial charge in [-0.3, -0.25) is 9.59 Å². The number of carbonyl (C=O) groups excluding carboxylic acids is 2. The van der Waals surface area contributed by atoms with Crippen LogP contribution in [0.15, 0.2) is 18.2 Å². The number of Topliss-reactive ketones (excluding diaryl/α,β-unsaturated/α-hetero) is 1. The molecule has 0 spiro atoms. The molecule has 1 aliphatic heterocycles. The number of ether oxygens (including phenoxy) is 2. The number of fused-ring (bicyclic) bond motifs is 1. The van der Waals surface area contributed by atoms with E-state index >= 15 is 8.78 Å². The molecular weight excluding hydrogens is 586 g/mol. The summed E-state index contributed by atoms with van der Waals surface area (Å²) >= 11 is 0. The standard InChI is InChI=1S/C33H46F2N4O6/c1-17(2)28(40)27-18(3)24(16-39(27)31(41)29(33(4,5)6)38-32(42)43)45-30-26(25(35)21(34)10-8-9-19-11-12-19)36-22-14-13-20(44-7)15-23(22)37-30/h13-15,17-19,21,24-25,27,29,38H,8-12,16H2,1-7H3,(H,42,43). The van der Waals surface area contributed by atoms with E-state index in [2.05, 4.69) is 15.3 Å². The zero-order valence-corrected chi connectivity index (χ0v) is 27.2. The number of nitrogens with one attached hydrogen (secondary N) is 1. The largest absolute Gasteiger partial charge is 0.497 e. The fourth-order valence-electron chi connectivity index (χ4n) is 5.92. The number of carboxylic acid groups (broad SMARTS) is 1. The van der Waals surface area contributed by atoms with Crippen LogP contribution in [0.5, 0.6) is 11.6 Å². The number of benzene rings is 1. The van der Waals surface area contributed by atoms with Gasteiger partial charge in [0.05, 0.1) is 30.7 Å². The molecule has 1 aliphatic carbocycles. The van der Waals surface area contributed by atoms with Gasteiger partial charge in [0.25, 0.3) is 0 Å². The fraction of sp³-hybridized carbons (Fsp3) is 0.667. The third kappa shape index (κ3) is 7.99. The number of ketones is 1. The number of amides is 2. The van der Waals surface area contributed by atoms with Crippen molar-refractivity contribution < 1.29 is 37.7 Å². The molecule has 2 heterocycles. The Kier molecular flexibility index (Phi) is 10.5. The molecule has 2 aromatic rings. The molecule has 1 aromatic carbocycles. The molecule has 248 valence electrons. The zero-order valence-electron chi connectivity index (χ0n) is 27.2. The van der Waals surface area contributed by atoms with E-state index in [-0.39, 0.29) is 30.3 Å². The second kappa shape index (κ2) is 13.8. The van der Waals surface area contributed by atoms with Gasteiger partial charge in [0.1, 0.15) is 29.8 Å². The highest BCUT2D eigenvalue weighted by atomic mass is 19.2. The maximum Gasteiger partial charge on any atom is 0.405 e. The molecule has 2 aliphatic rings. The summed E-state index contributed by atoms with van der Waals surface area (Å²) in [5.41, 5.74) is -0.412. The van der Waals surface area contributed by atoms with Crippen LogP contribution in [-0.4, -0.2) is 75.8 Å². The Bertz CT molecular complexity index is 1400. The van der Waals surface area contributed by atoms with Crippen LogP contribution in [-0.2, 0) is 9.59 Å². The number of likely N-dealkylation sites (tertiary alicyclic amines) is 1. The summed E-state index contributed by atoms with van der Waals surface area (Å²) in [5.74, 6) is -0.934. The second-order valence-corrected chi connectivity index (χ2v) is 13.8. The lowest BCUT2D eigenvalue weighted by atomic mass is 9.85. The van der Waals surface area contributed by atoms with Crippen LogP contribution in [0.1, 0.15) is 85.5 Å². The van der Waals surface area contributed by atoms with E-state index in [0.29, 0.717) is 29.1 Å². The third-order valence-electron chi connectivity index (χ3n) is 8.82. The molecule has 12 heteroatoms. The molecule has 10 nitrogen and oxygen atoms in total. The first-order chi connectivity index (χ1) is 21.1. The summed E-state index contributed by atoms with van der Waals surface area (Å²) in [6, 6.07) is 2.79. The molecule has 2 N–H and O–H groups in total. The van der Waals surface area contributed by atoms with Gasteiger partial charge < -0.3 is 24.8 Å². The van der Waals surface area contributed by atoms with Crippen molar-refractivity contribution >= 4 is 28.8 Å². The molecule has 1 saturated heterocycles. The van der Waals surface area contributed by atoms with E-state index in [4.69, 9.17) is 9.47 Å². The van der Waals surface area contributed by atoms with Crippen molar-refractivity contribution in [3.63, 3.8) is 0 Å². The van der Waals surface area contributed by atoms with Gasteiger partial charge in [-0.25, -0.2) is 23.5 Å². The number of methoxy groups -OCH3 is 1. The highest BCUT2D eigenvalue weighted by molar-refractivity contribution is 5.94. The van der Waals surface area contributed by atoms with E-state index in [1.165, 1.54) is 12.0 Å². The molecule has 0 radical (unpaired) electrons. The van der Waals surface area contributed by atoms with Crippen molar-refractivity contribution in [1.82, 2.24) is 20.2 Å². The molecule has 2 fully saturated rings. The highest BCUT2D eigenvalue weighted by Crippen LogP contribution is 2.39. The highest BCUT2D eigenvalue weighted by Gasteiger charge is 2.50. The van der Waals surface area contributed by atoms with E-state index in [9.17, 15) is 19.5 Å². The van der Waals surface area contributed by atoms with E-state index in [0.717, 1.165) is 19.3 Å². The Labute approximate surface area is 263 Å². The van der Waals surface area contributed by atoms with Crippen molar-refractivity contribution in [2.24, 2.45) is 23.2 Å². The summed E-state index contributed by atoms with van der Waals surface area (Å²) in [4.78, 5) is 49.4. The van der Waals surface area contributed by atoms with Gasteiger partial charge >= 0.3 is 6.09 Å².